The molecule has 1 aromatic carbocycles. The predicted octanol–water partition coefficient (Wildman–Crippen LogP) is 4.43. The molecular formula is C11H6BrCl2N3O3. The van der Waals surface area contributed by atoms with E-state index in [2.05, 4.69) is 20.9 Å². The fraction of sp³-hybridized carbons (Fsp3) is 0. The van der Waals surface area contributed by atoms with Gasteiger partial charge in [0.1, 0.15) is 16.6 Å². The molecule has 9 heteroatoms. The summed E-state index contributed by atoms with van der Waals surface area (Å²) >= 11 is 14.8. The van der Waals surface area contributed by atoms with Crippen LogP contribution in [0, 0.1) is 10.1 Å². The molecule has 0 radical (unpaired) electrons. The van der Waals surface area contributed by atoms with Gasteiger partial charge in [0, 0.05) is 10.5 Å². The molecule has 0 saturated heterocycles. The second-order valence-electron chi connectivity index (χ2n) is 3.65. The number of nitrogen functional groups attached to an aromatic ring is 1. The predicted molar refractivity (Wildman–Crippen MR) is 79.5 cm³/mol. The van der Waals surface area contributed by atoms with Crippen LogP contribution in [0.5, 0.6) is 11.6 Å². The van der Waals surface area contributed by atoms with E-state index in [1.54, 1.807) is 0 Å². The zero-order chi connectivity index (χ0) is 14.9. The van der Waals surface area contributed by atoms with E-state index in [4.69, 9.17) is 33.7 Å². The second kappa shape index (κ2) is 5.82. The van der Waals surface area contributed by atoms with E-state index in [0.717, 1.165) is 0 Å². The summed E-state index contributed by atoms with van der Waals surface area (Å²) < 4.78 is 5.89. The van der Waals surface area contributed by atoms with Gasteiger partial charge in [0.2, 0.25) is 5.88 Å². The Kier molecular flexibility index (Phi) is 4.32. The Morgan fingerprint density at radius 2 is 1.95 bits per heavy atom. The number of halogens is 3. The Morgan fingerprint density at radius 1 is 1.25 bits per heavy atom. The Morgan fingerprint density at radius 3 is 2.60 bits per heavy atom. The summed E-state index contributed by atoms with van der Waals surface area (Å²) in [6.45, 7) is 0. The fourth-order valence-electron chi connectivity index (χ4n) is 1.36. The third kappa shape index (κ3) is 3.30. The van der Waals surface area contributed by atoms with E-state index in [9.17, 15) is 10.1 Å². The highest BCUT2D eigenvalue weighted by Crippen LogP contribution is 2.34. The van der Waals surface area contributed by atoms with Crippen LogP contribution < -0.4 is 10.5 Å². The summed E-state index contributed by atoms with van der Waals surface area (Å²) in [6.07, 6.45) is 0. The van der Waals surface area contributed by atoms with Crippen molar-refractivity contribution in [3.63, 3.8) is 0 Å². The van der Waals surface area contributed by atoms with Crippen LogP contribution in [0.4, 0.5) is 11.5 Å². The van der Waals surface area contributed by atoms with Crippen molar-refractivity contribution in [1.82, 2.24) is 4.98 Å². The highest BCUT2D eigenvalue weighted by molar-refractivity contribution is 9.10. The molecule has 0 amide bonds. The normalized spacial score (nSPS) is 10.3. The number of nitro benzene ring substituents is 1. The third-order valence-electron chi connectivity index (χ3n) is 2.21. The van der Waals surface area contributed by atoms with Crippen LogP contribution in [-0.2, 0) is 0 Å². The minimum atomic E-state index is -0.539. The molecule has 1 heterocycles. The molecule has 0 aliphatic rings. The van der Waals surface area contributed by atoms with E-state index < -0.39 is 4.92 Å². The number of non-ortho nitro benzene ring substituents is 1. The van der Waals surface area contributed by atoms with Crippen molar-refractivity contribution in [2.75, 3.05) is 5.73 Å². The lowest BCUT2D eigenvalue weighted by Gasteiger charge is -2.08. The Labute approximate surface area is 131 Å². The highest BCUT2D eigenvalue weighted by atomic mass is 79.9. The van der Waals surface area contributed by atoms with Gasteiger partial charge in [-0.25, -0.2) is 0 Å². The van der Waals surface area contributed by atoms with Gasteiger partial charge in [0.25, 0.3) is 5.69 Å². The fourth-order valence-corrected chi connectivity index (χ4v) is 2.22. The molecular weight excluding hydrogens is 373 g/mol. The van der Waals surface area contributed by atoms with Crippen LogP contribution in [0.25, 0.3) is 0 Å². The van der Waals surface area contributed by atoms with Crippen LogP contribution in [0.3, 0.4) is 0 Å². The molecule has 1 aromatic heterocycles. The SMILES string of the molecule is Nc1nc(Oc2cc(Br)cc([N+](=O)[O-])c2)c(Cl)cc1Cl. The molecule has 2 aromatic rings. The molecule has 0 aliphatic carbocycles. The van der Waals surface area contributed by atoms with Crippen LogP contribution in [0.15, 0.2) is 28.7 Å². The van der Waals surface area contributed by atoms with Gasteiger partial charge in [0.05, 0.1) is 16.0 Å². The van der Waals surface area contributed by atoms with E-state index >= 15 is 0 Å². The number of nitrogens with zero attached hydrogens (tertiary/aromatic N) is 2. The molecule has 0 fully saturated rings. The quantitative estimate of drug-likeness (QED) is 0.629. The van der Waals surface area contributed by atoms with Gasteiger partial charge in [0.15, 0.2) is 0 Å². The van der Waals surface area contributed by atoms with Crippen molar-refractivity contribution in [2.24, 2.45) is 0 Å². The number of anilines is 1. The molecule has 2 N–H and O–H groups in total. The molecule has 20 heavy (non-hydrogen) atoms. The maximum absolute atomic E-state index is 10.8. The summed E-state index contributed by atoms with van der Waals surface area (Å²) in [4.78, 5) is 14.1. The molecule has 2 rings (SSSR count). The van der Waals surface area contributed by atoms with E-state index in [1.165, 1.54) is 24.3 Å². The van der Waals surface area contributed by atoms with Crippen molar-refractivity contribution < 1.29 is 9.66 Å². The van der Waals surface area contributed by atoms with Gasteiger partial charge in [-0.15, -0.1) is 0 Å². The van der Waals surface area contributed by atoms with Gasteiger partial charge >= 0.3 is 0 Å². The van der Waals surface area contributed by atoms with Crippen molar-refractivity contribution in [1.29, 1.82) is 0 Å². The summed E-state index contributed by atoms with van der Waals surface area (Å²) in [5.74, 6) is 0.263. The monoisotopic (exact) mass is 377 g/mol. The van der Waals surface area contributed by atoms with Gasteiger partial charge in [-0.1, -0.05) is 39.1 Å². The average molecular weight is 379 g/mol. The van der Waals surface area contributed by atoms with Gasteiger partial charge in [-0.2, -0.15) is 4.98 Å². The molecule has 0 unspecified atom stereocenters. The minimum Gasteiger partial charge on any atom is -0.437 e. The highest BCUT2D eigenvalue weighted by Gasteiger charge is 2.13. The first-order valence-electron chi connectivity index (χ1n) is 5.11. The molecule has 0 spiro atoms. The van der Waals surface area contributed by atoms with E-state index in [1.807, 2.05) is 0 Å². The molecule has 6 nitrogen and oxygen atoms in total. The number of nitrogens with two attached hydrogens (primary N) is 1. The number of hydrogen-bond acceptors (Lipinski definition) is 5. The lowest BCUT2D eigenvalue weighted by Crippen LogP contribution is -1.96. The van der Waals surface area contributed by atoms with E-state index in [0.29, 0.717) is 4.47 Å². The zero-order valence-electron chi connectivity index (χ0n) is 9.64. The minimum absolute atomic E-state index is 0.0148. The van der Waals surface area contributed by atoms with Crippen molar-refractivity contribution in [2.45, 2.75) is 0 Å². The second-order valence-corrected chi connectivity index (χ2v) is 5.38. The van der Waals surface area contributed by atoms with Crippen LogP contribution in [-0.4, -0.2) is 9.91 Å². The lowest BCUT2D eigenvalue weighted by molar-refractivity contribution is -0.385. The Hall–Kier alpha value is -1.57. The summed E-state index contributed by atoms with van der Waals surface area (Å²) in [5.41, 5.74) is 5.42. The number of rotatable bonds is 3. The van der Waals surface area contributed by atoms with Crippen LogP contribution in [0.2, 0.25) is 10.0 Å². The van der Waals surface area contributed by atoms with Crippen LogP contribution >= 0.6 is 39.1 Å². The van der Waals surface area contributed by atoms with Gasteiger partial charge in [-0.05, 0) is 12.1 Å². The molecule has 0 bridgehead atoms. The number of aromatic nitrogens is 1. The number of benzene rings is 1. The van der Waals surface area contributed by atoms with E-state index in [-0.39, 0.29) is 33.2 Å². The molecule has 0 atom stereocenters. The van der Waals surface area contributed by atoms with Gasteiger partial charge in [-0.3, -0.25) is 10.1 Å². The van der Waals surface area contributed by atoms with Gasteiger partial charge < -0.3 is 10.5 Å². The average Bonchev–Trinajstić information content (AvgIpc) is 2.35. The molecule has 104 valence electrons. The van der Waals surface area contributed by atoms with Crippen LogP contribution in [0.1, 0.15) is 0 Å². The van der Waals surface area contributed by atoms with Crippen molar-refractivity contribution >= 4 is 50.6 Å². The zero-order valence-corrected chi connectivity index (χ0v) is 12.7. The lowest BCUT2D eigenvalue weighted by atomic mass is 10.3. The first kappa shape index (κ1) is 14.8. The molecule has 0 saturated carbocycles. The maximum atomic E-state index is 10.8. The first-order chi connectivity index (χ1) is 9.36. The number of nitro groups is 1. The smallest absolute Gasteiger partial charge is 0.274 e. The topological polar surface area (TPSA) is 91.3 Å². The standard InChI is InChI=1S/C11H6BrCl2N3O3/c12-5-1-6(17(18)19)3-7(2-5)20-11-9(14)4-8(13)10(15)16-11/h1-4H,(H2,15,16). The first-order valence-corrected chi connectivity index (χ1v) is 6.66. The summed E-state index contributed by atoms with van der Waals surface area (Å²) in [5, 5.41) is 11.1. The largest absolute Gasteiger partial charge is 0.437 e. The summed E-state index contributed by atoms with van der Waals surface area (Å²) in [6, 6.07) is 5.51. The molecule has 0 aliphatic heterocycles. The Bertz CT molecular complexity index is 697. The Balaban J connectivity index is 2.40. The number of ether oxygens (including phenoxy) is 1. The maximum Gasteiger partial charge on any atom is 0.274 e. The van der Waals surface area contributed by atoms with Crippen molar-refractivity contribution in [3.05, 3.63) is 48.9 Å². The third-order valence-corrected chi connectivity index (χ3v) is 3.24. The number of hydrogen-bond donors (Lipinski definition) is 1. The number of pyridine rings is 1. The van der Waals surface area contributed by atoms with Crippen molar-refractivity contribution in [3.8, 4) is 11.6 Å². The summed E-state index contributed by atoms with van der Waals surface area (Å²) in [7, 11) is 0.